The van der Waals surface area contributed by atoms with Crippen molar-refractivity contribution in [3.63, 3.8) is 0 Å². The Bertz CT molecular complexity index is 3840. The van der Waals surface area contributed by atoms with Crippen molar-refractivity contribution in [3.8, 4) is 78.7 Å². The smallest absolute Gasteiger partial charge is 0.164 e. The minimum atomic E-state index is -0.388. The van der Waals surface area contributed by atoms with Crippen LogP contribution in [0, 0.1) is 0 Å². The minimum Gasteiger partial charge on any atom is -0.456 e. The highest BCUT2D eigenvalue weighted by atomic mass is 16.3. The number of benzene rings is 10. The van der Waals surface area contributed by atoms with E-state index in [1.54, 1.807) is 0 Å². The van der Waals surface area contributed by atoms with Crippen LogP contribution in [0.25, 0.3) is 111 Å². The Morgan fingerprint density at radius 2 is 0.818 bits per heavy atom. The zero-order chi connectivity index (χ0) is 43.3. The maximum Gasteiger partial charge on any atom is 0.164 e. The molecular formula is C62H37N3O. The maximum atomic E-state index is 6.53. The summed E-state index contributed by atoms with van der Waals surface area (Å²) >= 11 is 0. The Morgan fingerprint density at radius 1 is 0.303 bits per heavy atom. The first-order chi connectivity index (χ1) is 32.7. The van der Waals surface area contributed by atoms with E-state index >= 15 is 0 Å². The summed E-state index contributed by atoms with van der Waals surface area (Å²) in [5.41, 5.74) is 19.3. The highest BCUT2D eigenvalue weighted by molar-refractivity contribution is 6.13. The molecule has 66 heavy (non-hydrogen) atoms. The lowest BCUT2D eigenvalue weighted by atomic mass is 9.70. The fourth-order valence-electron chi connectivity index (χ4n) is 11.2. The van der Waals surface area contributed by atoms with Crippen molar-refractivity contribution in [2.75, 3.05) is 0 Å². The molecule has 10 aromatic carbocycles. The van der Waals surface area contributed by atoms with Crippen molar-refractivity contribution < 1.29 is 4.42 Å². The molecule has 14 rings (SSSR count). The van der Waals surface area contributed by atoms with Crippen LogP contribution in [0.3, 0.4) is 0 Å². The third-order valence-electron chi connectivity index (χ3n) is 14.0. The summed E-state index contributed by atoms with van der Waals surface area (Å²) in [6.07, 6.45) is 0. The molecule has 2 aliphatic carbocycles. The first-order valence-electron chi connectivity index (χ1n) is 22.5. The van der Waals surface area contributed by atoms with E-state index in [4.69, 9.17) is 19.4 Å². The highest BCUT2D eigenvalue weighted by Crippen LogP contribution is 2.64. The largest absolute Gasteiger partial charge is 0.456 e. The highest BCUT2D eigenvalue weighted by Gasteiger charge is 2.52. The summed E-state index contributed by atoms with van der Waals surface area (Å²) in [5.74, 6) is 1.85. The average molecular weight is 840 g/mol. The molecule has 1 spiro atoms. The maximum absolute atomic E-state index is 6.53. The van der Waals surface area contributed by atoms with E-state index in [2.05, 4.69) is 152 Å². The summed E-state index contributed by atoms with van der Waals surface area (Å²) in [6.45, 7) is 0. The van der Waals surface area contributed by atoms with Gasteiger partial charge in [-0.2, -0.15) is 0 Å². The first kappa shape index (κ1) is 36.7. The van der Waals surface area contributed by atoms with Crippen molar-refractivity contribution in [1.82, 2.24) is 15.0 Å². The molecule has 0 aliphatic heterocycles. The van der Waals surface area contributed by atoms with E-state index < -0.39 is 0 Å². The quantitative estimate of drug-likeness (QED) is 0.173. The van der Waals surface area contributed by atoms with Gasteiger partial charge in [0.1, 0.15) is 11.2 Å². The summed E-state index contributed by atoms with van der Waals surface area (Å²) < 4.78 is 6.53. The van der Waals surface area contributed by atoms with Gasteiger partial charge in [0.25, 0.3) is 0 Å². The predicted molar refractivity (Wildman–Crippen MR) is 268 cm³/mol. The Labute approximate surface area is 381 Å². The number of nitrogens with zero attached hydrogens (tertiary/aromatic N) is 3. The van der Waals surface area contributed by atoms with E-state index in [-0.39, 0.29) is 5.41 Å². The molecule has 0 bridgehead atoms. The lowest BCUT2D eigenvalue weighted by molar-refractivity contribution is 0.669. The Hall–Kier alpha value is -8.73. The third kappa shape index (κ3) is 5.24. The lowest BCUT2D eigenvalue weighted by Crippen LogP contribution is -2.25. The topological polar surface area (TPSA) is 51.8 Å². The van der Waals surface area contributed by atoms with Gasteiger partial charge in [-0.05, 0) is 102 Å². The molecule has 0 fully saturated rings. The van der Waals surface area contributed by atoms with Gasteiger partial charge in [-0.1, -0.05) is 200 Å². The van der Waals surface area contributed by atoms with Gasteiger partial charge in [-0.25, -0.2) is 15.0 Å². The van der Waals surface area contributed by atoms with Crippen molar-refractivity contribution in [3.05, 3.63) is 247 Å². The van der Waals surface area contributed by atoms with Crippen molar-refractivity contribution in [1.29, 1.82) is 0 Å². The second-order valence-corrected chi connectivity index (χ2v) is 17.4. The molecule has 0 atom stereocenters. The second kappa shape index (κ2) is 14.1. The molecule has 4 heteroatoms. The van der Waals surface area contributed by atoms with Crippen LogP contribution in [0.15, 0.2) is 229 Å². The van der Waals surface area contributed by atoms with Crippen molar-refractivity contribution in [2.24, 2.45) is 0 Å². The van der Waals surface area contributed by atoms with Gasteiger partial charge in [0.15, 0.2) is 17.5 Å². The Balaban J connectivity index is 0.909. The summed E-state index contributed by atoms with van der Waals surface area (Å²) in [7, 11) is 0. The molecular weight excluding hydrogens is 803 g/mol. The Morgan fingerprint density at radius 3 is 1.53 bits per heavy atom. The number of furan rings is 1. The first-order valence-corrected chi connectivity index (χ1v) is 22.5. The number of hydrogen-bond acceptors (Lipinski definition) is 4. The molecule has 4 nitrogen and oxygen atoms in total. The van der Waals surface area contributed by atoms with Gasteiger partial charge in [0.2, 0.25) is 0 Å². The van der Waals surface area contributed by atoms with Crippen LogP contribution in [-0.4, -0.2) is 15.0 Å². The zero-order valence-corrected chi connectivity index (χ0v) is 35.6. The molecule has 2 heterocycles. The van der Waals surface area contributed by atoms with E-state index in [9.17, 15) is 0 Å². The lowest BCUT2D eigenvalue weighted by Gasteiger charge is -2.30. The SMILES string of the molecule is c1ccc(-c2nc(-c3ccccc3)nc(-c3cccc4oc5ccc(-c6ccc7c(-c8cccc9c8-c8ccccc8C98c9ccccc9-c9ccccc98)cccc7c6)cc5c34)n2)cc1. The van der Waals surface area contributed by atoms with Crippen LogP contribution < -0.4 is 0 Å². The monoisotopic (exact) mass is 839 g/mol. The molecule has 0 N–H and O–H groups in total. The van der Waals surface area contributed by atoms with Gasteiger partial charge >= 0.3 is 0 Å². The molecule has 0 unspecified atom stereocenters. The molecule has 0 radical (unpaired) electrons. The molecule has 2 aromatic heterocycles. The number of rotatable bonds is 5. The number of hydrogen-bond donors (Lipinski definition) is 0. The van der Waals surface area contributed by atoms with Crippen LogP contribution in [0.4, 0.5) is 0 Å². The fourth-order valence-corrected chi connectivity index (χ4v) is 11.2. The zero-order valence-electron chi connectivity index (χ0n) is 35.6. The van der Waals surface area contributed by atoms with Gasteiger partial charge in [0.05, 0.1) is 5.41 Å². The second-order valence-electron chi connectivity index (χ2n) is 17.4. The summed E-state index contributed by atoms with van der Waals surface area (Å²) in [6, 6.07) is 80.5. The Kier molecular flexibility index (Phi) is 7.87. The average Bonchev–Trinajstić information content (AvgIpc) is 4.03. The summed E-state index contributed by atoms with van der Waals surface area (Å²) in [5, 5.41) is 4.39. The minimum absolute atomic E-state index is 0.388. The van der Waals surface area contributed by atoms with Crippen LogP contribution >= 0.6 is 0 Å². The summed E-state index contributed by atoms with van der Waals surface area (Å²) in [4.78, 5) is 15.1. The molecule has 306 valence electrons. The van der Waals surface area contributed by atoms with E-state index in [0.717, 1.165) is 49.8 Å². The van der Waals surface area contributed by atoms with Gasteiger partial charge in [0, 0.05) is 27.5 Å². The van der Waals surface area contributed by atoms with Crippen LogP contribution in [0.1, 0.15) is 22.3 Å². The normalized spacial score (nSPS) is 13.0. The van der Waals surface area contributed by atoms with Crippen molar-refractivity contribution in [2.45, 2.75) is 5.41 Å². The van der Waals surface area contributed by atoms with Gasteiger partial charge in [-0.15, -0.1) is 0 Å². The van der Waals surface area contributed by atoms with Crippen LogP contribution in [0.2, 0.25) is 0 Å². The fraction of sp³-hybridized carbons (Fsp3) is 0.0161. The van der Waals surface area contributed by atoms with Gasteiger partial charge < -0.3 is 4.42 Å². The molecule has 0 amide bonds. The number of aromatic nitrogens is 3. The third-order valence-corrected chi connectivity index (χ3v) is 14.0. The van der Waals surface area contributed by atoms with Crippen LogP contribution in [-0.2, 0) is 5.41 Å². The van der Waals surface area contributed by atoms with E-state index in [0.29, 0.717) is 17.5 Å². The molecule has 12 aromatic rings. The van der Waals surface area contributed by atoms with E-state index in [1.807, 2.05) is 72.8 Å². The van der Waals surface area contributed by atoms with E-state index in [1.165, 1.54) is 66.4 Å². The number of fused-ring (bicyclic) bond motifs is 14. The van der Waals surface area contributed by atoms with Crippen LogP contribution in [0.5, 0.6) is 0 Å². The standard InChI is InChI=1S/C62H37N3O/c1-3-16-38(17-4-1)59-63-60(39-18-5-2-6-19-39)65-61(64-59)49-26-15-31-56-58(49)50-37-41(33-35-55(50)66-56)40-32-34-43-42(36-40)20-13-24-44(43)47-25-14-30-54-57(47)48-23-9-12-29-53(48)62(54)51-27-10-7-21-45(51)46-22-8-11-28-52(46)62/h1-37H. The van der Waals surface area contributed by atoms with Crippen molar-refractivity contribution >= 4 is 32.7 Å². The molecule has 0 saturated carbocycles. The van der Waals surface area contributed by atoms with Gasteiger partial charge in [-0.3, -0.25) is 0 Å². The molecule has 2 aliphatic rings. The molecule has 0 saturated heterocycles. The predicted octanol–water partition coefficient (Wildman–Crippen LogP) is 15.6.